The molecule has 7 nitrogen and oxygen atoms in total. The molecule has 2 unspecified atom stereocenters. The number of piperidine rings is 1. The SMILES string of the molecule is COc1ccc(C2C(O)C(c3c[nH]c4ccccc34)=NN2C(=O)CN2CCCCC2)cc1. The van der Waals surface area contributed by atoms with Gasteiger partial charge in [-0.15, -0.1) is 0 Å². The Bertz CT molecular complexity index is 1130. The number of methoxy groups -OCH3 is 1. The van der Waals surface area contributed by atoms with Crippen molar-refractivity contribution in [2.75, 3.05) is 26.7 Å². The molecular weight excluding hydrogens is 404 g/mol. The van der Waals surface area contributed by atoms with Crippen LogP contribution >= 0.6 is 0 Å². The summed E-state index contributed by atoms with van der Waals surface area (Å²) in [6.07, 6.45) is 4.36. The molecule has 1 fully saturated rings. The molecule has 32 heavy (non-hydrogen) atoms. The van der Waals surface area contributed by atoms with Gasteiger partial charge in [0.05, 0.1) is 13.7 Å². The predicted octanol–water partition coefficient (Wildman–Crippen LogP) is 3.31. The van der Waals surface area contributed by atoms with Crippen molar-refractivity contribution in [1.29, 1.82) is 0 Å². The van der Waals surface area contributed by atoms with Gasteiger partial charge in [0.2, 0.25) is 0 Å². The number of fused-ring (bicyclic) bond motifs is 1. The van der Waals surface area contributed by atoms with E-state index < -0.39 is 12.1 Å². The molecule has 2 aliphatic rings. The van der Waals surface area contributed by atoms with Gasteiger partial charge in [-0.05, 0) is 49.7 Å². The summed E-state index contributed by atoms with van der Waals surface area (Å²) < 4.78 is 5.28. The van der Waals surface area contributed by atoms with Crippen molar-refractivity contribution in [2.45, 2.75) is 31.4 Å². The number of carbonyl (C=O) groups excluding carboxylic acids is 1. The number of ether oxygens (including phenoxy) is 1. The number of likely N-dealkylation sites (tertiary alicyclic amines) is 1. The van der Waals surface area contributed by atoms with E-state index in [-0.39, 0.29) is 5.91 Å². The molecule has 0 aliphatic carbocycles. The van der Waals surface area contributed by atoms with Crippen LogP contribution in [-0.2, 0) is 4.79 Å². The van der Waals surface area contributed by atoms with Gasteiger partial charge in [-0.1, -0.05) is 36.8 Å². The molecule has 1 aromatic heterocycles. The number of hydrazone groups is 1. The van der Waals surface area contributed by atoms with Gasteiger partial charge in [-0.3, -0.25) is 9.69 Å². The minimum Gasteiger partial charge on any atom is -0.497 e. The summed E-state index contributed by atoms with van der Waals surface area (Å²) in [5.74, 6) is 0.631. The molecule has 1 saturated heterocycles. The third-order valence-corrected chi connectivity index (χ3v) is 6.44. The number of H-pyrrole nitrogens is 1. The number of aromatic nitrogens is 1. The van der Waals surface area contributed by atoms with Crippen LogP contribution in [-0.4, -0.2) is 64.5 Å². The first-order valence-electron chi connectivity index (χ1n) is 11.2. The number of benzene rings is 2. The van der Waals surface area contributed by atoms with Crippen LogP contribution in [0.4, 0.5) is 0 Å². The number of hydrogen-bond acceptors (Lipinski definition) is 5. The Labute approximate surface area is 187 Å². The van der Waals surface area contributed by atoms with E-state index in [2.05, 4.69) is 9.88 Å². The fraction of sp³-hybridized carbons (Fsp3) is 0.360. The Morgan fingerprint density at radius 1 is 1.12 bits per heavy atom. The maximum Gasteiger partial charge on any atom is 0.257 e. The average molecular weight is 433 g/mol. The maximum absolute atomic E-state index is 13.4. The number of hydrogen-bond donors (Lipinski definition) is 2. The molecule has 2 aliphatic heterocycles. The van der Waals surface area contributed by atoms with E-state index in [1.807, 2.05) is 54.7 Å². The molecule has 1 amide bonds. The van der Waals surface area contributed by atoms with Crippen molar-refractivity contribution < 1.29 is 14.6 Å². The fourth-order valence-corrected chi connectivity index (χ4v) is 4.73. The second-order valence-corrected chi connectivity index (χ2v) is 8.47. The smallest absolute Gasteiger partial charge is 0.257 e. The largest absolute Gasteiger partial charge is 0.497 e. The lowest BCUT2D eigenvalue weighted by molar-refractivity contribution is -0.135. The van der Waals surface area contributed by atoms with Gasteiger partial charge in [0.25, 0.3) is 5.91 Å². The van der Waals surface area contributed by atoms with E-state index in [0.717, 1.165) is 53.7 Å². The molecule has 2 atom stereocenters. The van der Waals surface area contributed by atoms with Crippen LogP contribution in [0.15, 0.2) is 59.8 Å². The second-order valence-electron chi connectivity index (χ2n) is 8.47. The van der Waals surface area contributed by atoms with E-state index >= 15 is 0 Å². The molecular formula is C25H28N4O3. The molecule has 7 heteroatoms. The minimum absolute atomic E-state index is 0.0957. The standard InChI is InChI=1S/C25H28N4O3/c1-32-18-11-9-17(10-12-18)24-25(31)23(20-15-26-21-8-4-3-7-19(20)21)27-29(24)22(30)16-28-13-5-2-6-14-28/h3-4,7-12,15,24-26,31H,2,5-6,13-14,16H2,1H3. The lowest BCUT2D eigenvalue weighted by Crippen LogP contribution is -2.42. The molecule has 0 radical (unpaired) electrons. The minimum atomic E-state index is -0.937. The number of aromatic amines is 1. The van der Waals surface area contributed by atoms with Crippen molar-refractivity contribution in [3.05, 3.63) is 65.9 Å². The first-order chi connectivity index (χ1) is 15.7. The zero-order chi connectivity index (χ0) is 22.1. The van der Waals surface area contributed by atoms with E-state index in [1.54, 1.807) is 7.11 Å². The van der Waals surface area contributed by atoms with E-state index in [9.17, 15) is 9.90 Å². The number of nitrogens with one attached hydrogen (secondary N) is 1. The topological polar surface area (TPSA) is 81.2 Å². The molecule has 3 heterocycles. The Morgan fingerprint density at radius 2 is 1.88 bits per heavy atom. The Morgan fingerprint density at radius 3 is 2.62 bits per heavy atom. The van der Waals surface area contributed by atoms with Gasteiger partial charge in [-0.25, -0.2) is 5.01 Å². The monoisotopic (exact) mass is 432 g/mol. The molecule has 0 spiro atoms. The van der Waals surface area contributed by atoms with Crippen molar-refractivity contribution in [3.63, 3.8) is 0 Å². The van der Waals surface area contributed by atoms with E-state index in [1.165, 1.54) is 11.4 Å². The molecule has 166 valence electrons. The molecule has 2 aromatic carbocycles. The highest BCUT2D eigenvalue weighted by Crippen LogP contribution is 2.35. The normalized spacial score (nSPS) is 21.7. The van der Waals surface area contributed by atoms with Gasteiger partial charge in [0, 0.05) is 22.7 Å². The Balaban J connectivity index is 1.51. The number of carbonyl (C=O) groups is 1. The van der Waals surface area contributed by atoms with Crippen LogP contribution in [0.3, 0.4) is 0 Å². The summed E-state index contributed by atoms with van der Waals surface area (Å²) in [5.41, 5.74) is 3.12. The average Bonchev–Trinajstić information content (AvgIpc) is 3.41. The quantitative estimate of drug-likeness (QED) is 0.648. The van der Waals surface area contributed by atoms with Gasteiger partial charge >= 0.3 is 0 Å². The number of nitrogens with zero attached hydrogens (tertiary/aromatic N) is 3. The van der Waals surface area contributed by atoms with E-state index in [0.29, 0.717) is 12.3 Å². The lowest BCUT2D eigenvalue weighted by Gasteiger charge is -2.29. The summed E-state index contributed by atoms with van der Waals surface area (Å²) in [4.78, 5) is 18.8. The second kappa shape index (κ2) is 8.76. The van der Waals surface area contributed by atoms with Crippen LogP contribution in [0.1, 0.15) is 36.4 Å². The van der Waals surface area contributed by atoms with Crippen LogP contribution in [0, 0.1) is 0 Å². The highest BCUT2D eigenvalue weighted by Gasteiger charge is 2.41. The molecule has 3 aromatic rings. The summed E-state index contributed by atoms with van der Waals surface area (Å²) >= 11 is 0. The molecule has 0 saturated carbocycles. The van der Waals surface area contributed by atoms with Gasteiger partial charge in [0.15, 0.2) is 0 Å². The predicted molar refractivity (Wildman–Crippen MR) is 124 cm³/mol. The van der Waals surface area contributed by atoms with Gasteiger partial charge < -0.3 is 14.8 Å². The van der Waals surface area contributed by atoms with Crippen molar-refractivity contribution >= 4 is 22.5 Å². The van der Waals surface area contributed by atoms with Crippen LogP contribution < -0.4 is 4.74 Å². The maximum atomic E-state index is 13.4. The van der Waals surface area contributed by atoms with Crippen LogP contribution in [0.2, 0.25) is 0 Å². The Hall–Kier alpha value is -3.16. The Kier molecular flexibility index (Phi) is 5.68. The highest BCUT2D eigenvalue weighted by molar-refractivity contribution is 6.14. The van der Waals surface area contributed by atoms with Crippen molar-refractivity contribution in [3.8, 4) is 5.75 Å². The third kappa shape index (κ3) is 3.78. The molecule has 2 N–H and O–H groups in total. The van der Waals surface area contributed by atoms with Crippen LogP contribution in [0.25, 0.3) is 10.9 Å². The number of para-hydroxylation sites is 1. The summed E-state index contributed by atoms with van der Waals surface area (Å²) in [6.45, 7) is 2.16. The van der Waals surface area contributed by atoms with Gasteiger partial charge in [-0.2, -0.15) is 5.10 Å². The molecule has 5 rings (SSSR count). The van der Waals surface area contributed by atoms with Crippen LogP contribution in [0.5, 0.6) is 5.75 Å². The highest BCUT2D eigenvalue weighted by atomic mass is 16.5. The summed E-state index contributed by atoms with van der Waals surface area (Å²) in [7, 11) is 1.62. The fourth-order valence-electron chi connectivity index (χ4n) is 4.73. The molecule has 0 bridgehead atoms. The van der Waals surface area contributed by atoms with Crippen molar-refractivity contribution in [2.24, 2.45) is 5.10 Å². The summed E-state index contributed by atoms with van der Waals surface area (Å²) in [6, 6.07) is 14.8. The first-order valence-corrected chi connectivity index (χ1v) is 11.2. The lowest BCUT2D eigenvalue weighted by atomic mass is 9.95. The number of aliphatic hydroxyl groups is 1. The first kappa shape index (κ1) is 20.7. The number of amides is 1. The van der Waals surface area contributed by atoms with E-state index in [4.69, 9.17) is 9.84 Å². The zero-order valence-electron chi connectivity index (χ0n) is 18.2. The summed E-state index contributed by atoms with van der Waals surface area (Å²) in [5, 5.41) is 18.6. The van der Waals surface area contributed by atoms with Crippen molar-refractivity contribution in [1.82, 2.24) is 14.9 Å². The number of rotatable bonds is 5. The number of aliphatic hydroxyl groups excluding tert-OH is 1. The zero-order valence-corrected chi connectivity index (χ0v) is 18.2. The van der Waals surface area contributed by atoms with Gasteiger partial charge in [0.1, 0.15) is 23.6 Å². The third-order valence-electron chi connectivity index (χ3n) is 6.44.